The minimum atomic E-state index is -0.858. The van der Waals surface area contributed by atoms with Gasteiger partial charge in [0.1, 0.15) is 5.41 Å². The van der Waals surface area contributed by atoms with E-state index in [1.807, 2.05) is 7.05 Å². The van der Waals surface area contributed by atoms with Gasteiger partial charge in [-0.05, 0) is 25.2 Å². The van der Waals surface area contributed by atoms with Gasteiger partial charge in [0.05, 0.1) is 7.11 Å². The van der Waals surface area contributed by atoms with Crippen LogP contribution in [-0.4, -0.2) is 37.5 Å². The van der Waals surface area contributed by atoms with Crippen molar-refractivity contribution in [1.29, 1.82) is 0 Å². The Bertz CT molecular complexity index is 332. The van der Waals surface area contributed by atoms with Crippen LogP contribution in [0.1, 0.15) is 44.9 Å². The molecule has 2 fully saturated rings. The number of ether oxygens (including phenoxy) is 1. The van der Waals surface area contributed by atoms with Crippen molar-refractivity contribution in [2.45, 2.75) is 44.9 Å². The zero-order chi connectivity index (χ0) is 13.2. The van der Waals surface area contributed by atoms with Crippen molar-refractivity contribution in [3.05, 3.63) is 0 Å². The summed E-state index contributed by atoms with van der Waals surface area (Å²) in [5, 5.41) is 0. The molecule has 0 spiro atoms. The molecule has 0 unspecified atom stereocenters. The first-order valence-corrected chi connectivity index (χ1v) is 6.94. The summed E-state index contributed by atoms with van der Waals surface area (Å²) in [5.41, 5.74) is -0.858. The molecule has 2 rings (SSSR count). The number of amides is 1. The molecule has 0 aromatic heterocycles. The second kappa shape index (κ2) is 5.29. The van der Waals surface area contributed by atoms with Crippen molar-refractivity contribution in [3.8, 4) is 0 Å². The predicted octanol–water partition coefficient (Wildman–Crippen LogP) is 1.98. The molecule has 4 nitrogen and oxygen atoms in total. The molecule has 0 N–H and O–H groups in total. The van der Waals surface area contributed by atoms with Gasteiger partial charge in [-0.3, -0.25) is 9.59 Å². The van der Waals surface area contributed by atoms with E-state index in [4.69, 9.17) is 4.74 Å². The summed E-state index contributed by atoms with van der Waals surface area (Å²) in [7, 11) is 3.17. The van der Waals surface area contributed by atoms with Gasteiger partial charge >= 0.3 is 5.97 Å². The number of hydrogen-bond donors (Lipinski definition) is 0. The smallest absolute Gasteiger partial charge is 0.321 e. The lowest BCUT2D eigenvalue weighted by Crippen LogP contribution is -2.52. The zero-order valence-corrected chi connectivity index (χ0v) is 11.4. The minimum absolute atomic E-state index is 0.0417. The van der Waals surface area contributed by atoms with Gasteiger partial charge in [-0.1, -0.05) is 25.7 Å². The molecule has 18 heavy (non-hydrogen) atoms. The number of esters is 1. The Morgan fingerprint density at radius 2 is 1.94 bits per heavy atom. The number of carbonyl (C=O) groups is 2. The third-order valence-electron chi connectivity index (χ3n) is 4.64. The van der Waals surface area contributed by atoms with Crippen LogP contribution in [0.5, 0.6) is 0 Å². The lowest BCUT2D eigenvalue weighted by Gasteiger charge is -2.40. The first-order valence-electron chi connectivity index (χ1n) is 6.94. The fourth-order valence-corrected chi connectivity index (χ4v) is 2.86. The highest BCUT2D eigenvalue weighted by atomic mass is 16.5. The van der Waals surface area contributed by atoms with E-state index in [0.717, 1.165) is 25.3 Å². The number of rotatable bonds is 5. The second-order valence-electron chi connectivity index (χ2n) is 5.74. The summed E-state index contributed by atoms with van der Waals surface area (Å²) in [5.74, 6) is 0.393. The maximum Gasteiger partial charge on any atom is 0.321 e. The molecule has 2 aliphatic rings. The Morgan fingerprint density at radius 3 is 2.33 bits per heavy atom. The van der Waals surface area contributed by atoms with Gasteiger partial charge in [0, 0.05) is 13.6 Å². The van der Waals surface area contributed by atoms with Gasteiger partial charge in [0.25, 0.3) is 0 Å². The second-order valence-corrected chi connectivity index (χ2v) is 5.74. The van der Waals surface area contributed by atoms with Gasteiger partial charge in [0.2, 0.25) is 5.91 Å². The van der Waals surface area contributed by atoms with Crippen LogP contribution in [0.25, 0.3) is 0 Å². The average molecular weight is 253 g/mol. The van der Waals surface area contributed by atoms with Crippen LogP contribution in [0.3, 0.4) is 0 Å². The lowest BCUT2D eigenvalue weighted by molar-refractivity contribution is -0.169. The Balaban J connectivity index is 1.89. The largest absolute Gasteiger partial charge is 0.468 e. The molecule has 0 aromatic carbocycles. The number of methoxy groups -OCH3 is 1. The van der Waals surface area contributed by atoms with Gasteiger partial charge in [-0.15, -0.1) is 0 Å². The van der Waals surface area contributed by atoms with E-state index < -0.39 is 5.41 Å². The van der Waals surface area contributed by atoms with Crippen molar-refractivity contribution in [1.82, 2.24) is 4.90 Å². The van der Waals surface area contributed by atoms with E-state index in [1.165, 1.54) is 26.4 Å². The molecular weight excluding hydrogens is 230 g/mol. The van der Waals surface area contributed by atoms with E-state index >= 15 is 0 Å². The maximum atomic E-state index is 12.4. The van der Waals surface area contributed by atoms with E-state index in [2.05, 4.69) is 0 Å². The van der Waals surface area contributed by atoms with Crippen LogP contribution >= 0.6 is 0 Å². The maximum absolute atomic E-state index is 12.4. The van der Waals surface area contributed by atoms with Crippen molar-refractivity contribution >= 4 is 11.9 Å². The number of hydrogen-bond acceptors (Lipinski definition) is 3. The van der Waals surface area contributed by atoms with E-state index in [9.17, 15) is 9.59 Å². The highest BCUT2D eigenvalue weighted by Gasteiger charge is 2.53. The van der Waals surface area contributed by atoms with Crippen molar-refractivity contribution in [2.24, 2.45) is 11.3 Å². The zero-order valence-electron chi connectivity index (χ0n) is 11.4. The summed E-state index contributed by atoms with van der Waals surface area (Å²) in [6.07, 6.45) is 7.22. The Morgan fingerprint density at radius 1 is 1.28 bits per heavy atom. The predicted molar refractivity (Wildman–Crippen MR) is 67.9 cm³/mol. The summed E-state index contributed by atoms with van der Waals surface area (Å²) >= 11 is 0. The highest BCUT2D eigenvalue weighted by molar-refractivity contribution is 6.03. The first-order chi connectivity index (χ1) is 8.60. The molecular formula is C14H23NO3. The topological polar surface area (TPSA) is 46.6 Å². The summed E-state index contributed by atoms with van der Waals surface area (Å²) in [6, 6.07) is 0. The third-order valence-corrected chi connectivity index (χ3v) is 4.64. The molecule has 0 bridgehead atoms. The fourth-order valence-electron chi connectivity index (χ4n) is 2.86. The first kappa shape index (κ1) is 13.4. The summed E-state index contributed by atoms with van der Waals surface area (Å²) in [6.45, 7) is 0.766. The third kappa shape index (κ3) is 2.25. The minimum Gasteiger partial charge on any atom is -0.468 e. The van der Waals surface area contributed by atoms with Crippen LogP contribution in [0, 0.1) is 11.3 Å². The fraction of sp³-hybridized carbons (Fsp3) is 0.857. The van der Waals surface area contributed by atoms with E-state index in [-0.39, 0.29) is 11.9 Å². The number of nitrogens with zero attached hydrogens (tertiary/aromatic N) is 1. The SMILES string of the molecule is COC(=O)C1(C(=O)N(C)CCC2CCC2)CCC1. The van der Waals surface area contributed by atoms with Crippen LogP contribution in [-0.2, 0) is 14.3 Å². The molecule has 0 atom stereocenters. The molecule has 0 aromatic rings. The Hall–Kier alpha value is -1.06. The molecule has 0 aliphatic heterocycles. The normalized spacial score (nSPS) is 21.7. The molecule has 2 saturated carbocycles. The Kier molecular flexibility index (Phi) is 3.93. The monoisotopic (exact) mass is 253 g/mol. The number of carbonyl (C=O) groups excluding carboxylic acids is 2. The quantitative estimate of drug-likeness (QED) is 0.556. The van der Waals surface area contributed by atoms with Crippen LogP contribution < -0.4 is 0 Å². The van der Waals surface area contributed by atoms with Crippen molar-refractivity contribution in [3.63, 3.8) is 0 Å². The average Bonchev–Trinajstić information content (AvgIpc) is 2.24. The molecule has 4 heteroatoms. The molecule has 1 amide bonds. The van der Waals surface area contributed by atoms with Gasteiger partial charge in [0.15, 0.2) is 0 Å². The summed E-state index contributed by atoms with van der Waals surface area (Å²) in [4.78, 5) is 25.9. The molecule has 102 valence electrons. The van der Waals surface area contributed by atoms with Crippen LogP contribution in [0.4, 0.5) is 0 Å². The molecule has 0 saturated heterocycles. The van der Waals surface area contributed by atoms with Gasteiger partial charge < -0.3 is 9.64 Å². The Labute approximate surface area is 109 Å². The summed E-state index contributed by atoms with van der Waals surface area (Å²) < 4.78 is 4.80. The van der Waals surface area contributed by atoms with E-state index in [0.29, 0.717) is 12.8 Å². The standard InChI is InChI=1S/C14H23NO3/c1-15(10-7-11-5-3-6-11)12(16)14(8-4-9-14)13(17)18-2/h11H,3-10H2,1-2H3. The lowest BCUT2D eigenvalue weighted by atomic mass is 9.67. The molecule has 0 radical (unpaired) electrons. The van der Waals surface area contributed by atoms with Crippen molar-refractivity contribution < 1.29 is 14.3 Å². The van der Waals surface area contributed by atoms with Crippen LogP contribution in [0.15, 0.2) is 0 Å². The van der Waals surface area contributed by atoms with Crippen LogP contribution in [0.2, 0.25) is 0 Å². The van der Waals surface area contributed by atoms with E-state index in [1.54, 1.807) is 4.90 Å². The highest BCUT2D eigenvalue weighted by Crippen LogP contribution is 2.43. The molecule has 0 heterocycles. The van der Waals surface area contributed by atoms with Gasteiger partial charge in [-0.2, -0.15) is 0 Å². The van der Waals surface area contributed by atoms with Gasteiger partial charge in [-0.25, -0.2) is 0 Å². The molecule has 2 aliphatic carbocycles. The van der Waals surface area contributed by atoms with Crippen molar-refractivity contribution in [2.75, 3.05) is 20.7 Å².